The Labute approximate surface area is 510 Å². The van der Waals surface area contributed by atoms with Gasteiger partial charge in [-0.3, -0.25) is 9.69 Å². The van der Waals surface area contributed by atoms with Crippen LogP contribution in [0, 0.1) is 41.4 Å². The van der Waals surface area contributed by atoms with Crippen LogP contribution >= 0.6 is 0 Å². The normalized spacial score (nSPS) is 18.1. The van der Waals surface area contributed by atoms with Crippen molar-refractivity contribution in [2.75, 3.05) is 70.5 Å². The molecule has 2 aromatic heterocycles. The summed E-state index contributed by atoms with van der Waals surface area (Å²) in [5.41, 5.74) is 14.4. The third-order valence-corrected chi connectivity index (χ3v) is 19.1. The molecule has 4 heterocycles. The van der Waals surface area contributed by atoms with Crippen LogP contribution in [0.4, 0.5) is 5.69 Å². The second-order valence-electron chi connectivity index (χ2n) is 27.2. The Hall–Kier alpha value is -3.92. The van der Waals surface area contributed by atoms with Gasteiger partial charge in [0, 0.05) is 43.8 Å². The molecule has 3 aliphatic carbocycles. The molecule has 2 saturated heterocycles. The van der Waals surface area contributed by atoms with E-state index >= 15 is 0 Å². The summed E-state index contributed by atoms with van der Waals surface area (Å²) in [5.74, 6) is 4.10. The number of anilines is 1. The number of nitrogens with one attached hydrogen (secondary N) is 2. The molecule has 464 valence electrons. The molecule has 83 heavy (non-hydrogen) atoms. The first-order valence-corrected chi connectivity index (χ1v) is 34.1. The fourth-order valence-electron chi connectivity index (χ4n) is 13.8. The Morgan fingerprint density at radius 3 is 2.17 bits per heavy atom. The van der Waals surface area contributed by atoms with Crippen molar-refractivity contribution in [1.82, 2.24) is 25.0 Å². The van der Waals surface area contributed by atoms with Crippen LogP contribution in [-0.2, 0) is 22.5 Å². The summed E-state index contributed by atoms with van der Waals surface area (Å²) < 4.78 is 8.18. The zero-order valence-electron chi connectivity index (χ0n) is 56.3. The molecule has 1 aromatic carbocycles. The predicted molar refractivity (Wildman–Crippen MR) is 363 cm³/mol. The first-order valence-electron chi connectivity index (χ1n) is 34.1. The molecular formula is C74H123BN6O2. The zero-order valence-corrected chi connectivity index (χ0v) is 56.3. The molecule has 0 radical (unpaired) electrons. The van der Waals surface area contributed by atoms with E-state index < -0.39 is 0 Å². The molecule has 2 aliphatic heterocycles. The first-order chi connectivity index (χ1) is 39.8. The van der Waals surface area contributed by atoms with Crippen LogP contribution in [0.15, 0.2) is 78.5 Å². The molecule has 0 bridgehead atoms. The molecular weight excluding hydrogens is 1020 g/mol. The number of carbonyl (C=O) groups is 1. The van der Waals surface area contributed by atoms with Gasteiger partial charge in [-0.25, -0.2) is 0 Å². The molecule has 2 N–H and O–H groups in total. The van der Waals surface area contributed by atoms with Gasteiger partial charge >= 0.3 is 201 Å². The van der Waals surface area contributed by atoms with Crippen molar-refractivity contribution in [1.29, 1.82) is 0 Å². The van der Waals surface area contributed by atoms with Crippen molar-refractivity contribution in [2.24, 2.45) is 34.5 Å². The Bertz CT molecular complexity index is 2510. The quantitative estimate of drug-likeness (QED) is 0.0533. The SMILES string of the molecule is C=C(C)NCCCCC(=C)C(CN1CC2(CCC2)C1)NC(=O)C(C(C)C)C(CCC)C(C)C1=CC=CCC1.CC.CCCN(CCC)C1CC1.CCn1c(-c2cc(C)cbc2C(C)C)c(CC(C)(C)CC)c2cc(N3CCOCC3)ccc21. The fraction of sp³-hybridized carbons (Fsp3) is 0.703. The average Bonchev–Trinajstić information content (AvgIpc) is 4.39. The number of aromatic nitrogens is 1. The summed E-state index contributed by atoms with van der Waals surface area (Å²) in [5, 5.41) is 8.33. The number of nitrogens with zero attached hydrogens (tertiary/aromatic N) is 4. The van der Waals surface area contributed by atoms with Crippen molar-refractivity contribution >= 4 is 29.4 Å². The number of benzene rings is 1. The van der Waals surface area contributed by atoms with E-state index in [-0.39, 0.29) is 23.3 Å². The van der Waals surface area contributed by atoms with Gasteiger partial charge in [0.1, 0.15) is 0 Å². The van der Waals surface area contributed by atoms with Crippen LogP contribution < -0.4 is 15.5 Å². The molecule has 2 saturated carbocycles. The van der Waals surface area contributed by atoms with Crippen LogP contribution in [0.3, 0.4) is 0 Å². The molecule has 1 amide bonds. The Morgan fingerprint density at radius 2 is 1.63 bits per heavy atom. The number of hydrogen-bond acceptors (Lipinski definition) is 6. The van der Waals surface area contributed by atoms with E-state index in [1.165, 1.54) is 133 Å². The number of likely N-dealkylation sites (tertiary alicyclic amines) is 1. The number of unbranched alkanes of at least 4 members (excludes halogenated alkanes) is 1. The minimum absolute atomic E-state index is 0.0150. The van der Waals surface area contributed by atoms with Crippen LogP contribution in [0.25, 0.3) is 22.2 Å². The summed E-state index contributed by atoms with van der Waals surface area (Å²) in [6.45, 7) is 58.2. The number of allylic oxidation sites excluding steroid dienone is 5. The van der Waals surface area contributed by atoms with Crippen LogP contribution in [-0.4, -0.2) is 105 Å². The number of fused-ring (bicyclic) bond motifs is 1. The van der Waals surface area contributed by atoms with E-state index in [2.05, 4.69) is 188 Å². The fourth-order valence-corrected chi connectivity index (χ4v) is 13.8. The summed E-state index contributed by atoms with van der Waals surface area (Å²) in [4.78, 5) is 21.8. The van der Waals surface area contributed by atoms with Crippen molar-refractivity contribution in [3.63, 3.8) is 0 Å². The van der Waals surface area contributed by atoms with E-state index in [1.807, 2.05) is 20.8 Å². The molecule has 9 heteroatoms. The first kappa shape index (κ1) is 69.9. The zero-order chi connectivity index (χ0) is 60.9. The average molecular weight is 1140 g/mol. The van der Waals surface area contributed by atoms with Gasteiger partial charge in [-0.1, -0.05) is 111 Å². The van der Waals surface area contributed by atoms with E-state index in [9.17, 15) is 4.79 Å². The van der Waals surface area contributed by atoms with E-state index in [1.54, 1.807) is 0 Å². The van der Waals surface area contributed by atoms with Gasteiger partial charge in [-0.2, -0.15) is 0 Å². The van der Waals surface area contributed by atoms with Gasteiger partial charge in [0.15, 0.2) is 0 Å². The summed E-state index contributed by atoms with van der Waals surface area (Å²) >= 11 is 0. The Balaban J connectivity index is 0.000000255. The number of morpholine rings is 1. The molecule has 4 unspecified atom stereocenters. The molecule has 3 aromatic rings. The van der Waals surface area contributed by atoms with Crippen molar-refractivity contribution < 1.29 is 9.53 Å². The number of rotatable bonds is 29. The summed E-state index contributed by atoms with van der Waals surface area (Å²) in [7, 11) is 0. The number of hydrogen-bond donors (Lipinski definition) is 2. The molecule has 4 atom stereocenters. The van der Waals surface area contributed by atoms with Gasteiger partial charge < -0.3 is 15.5 Å². The van der Waals surface area contributed by atoms with Crippen molar-refractivity contribution in [2.45, 2.75) is 238 Å². The molecule has 1 spiro atoms. The molecule has 4 fully saturated rings. The second-order valence-corrected chi connectivity index (χ2v) is 27.2. The van der Waals surface area contributed by atoms with Gasteiger partial charge in [0.05, 0.1) is 6.04 Å². The third-order valence-electron chi connectivity index (χ3n) is 19.1. The van der Waals surface area contributed by atoms with Gasteiger partial charge in [0.2, 0.25) is 5.91 Å². The van der Waals surface area contributed by atoms with Gasteiger partial charge in [-0.05, 0) is 120 Å². The van der Waals surface area contributed by atoms with Crippen LogP contribution in [0.5, 0.6) is 0 Å². The van der Waals surface area contributed by atoms with E-state index in [0.717, 1.165) is 109 Å². The Morgan fingerprint density at radius 1 is 0.940 bits per heavy atom. The number of aryl methyl sites for hydroxylation is 2. The van der Waals surface area contributed by atoms with E-state index in [0.29, 0.717) is 29.1 Å². The maximum atomic E-state index is 14.1. The molecule has 5 aliphatic rings. The maximum absolute atomic E-state index is 14.1. The minimum atomic E-state index is 0.0150. The summed E-state index contributed by atoms with van der Waals surface area (Å²) in [6.07, 6.45) is 26.3. The second kappa shape index (κ2) is 34.4. The van der Waals surface area contributed by atoms with Crippen LogP contribution in [0.2, 0.25) is 0 Å². The molecule has 8 rings (SSSR count). The predicted octanol–water partition coefficient (Wildman–Crippen LogP) is 17.6. The number of ether oxygens (including phenoxy) is 1. The topological polar surface area (TPSA) is 65.0 Å². The van der Waals surface area contributed by atoms with Crippen molar-refractivity contribution in [3.8, 4) is 11.3 Å². The number of amides is 1. The molecule has 8 nitrogen and oxygen atoms in total. The van der Waals surface area contributed by atoms with E-state index in [4.69, 9.17) is 4.74 Å². The Kier molecular flexibility index (Phi) is 29.0. The standard InChI is InChI=1S/C34H57N3O.C29H41BN2O.C9H19N.C2H6/c1-8-15-30(28(7)29-17-10-9-11-18-29)32(25(2)3)33(38)36-31(22-37-23-34(24-37)19-14-20-34)27(6)16-12-13-21-35-26(4)5;1-8-29(6,7)18-25-23-17-22(31-12-14-33-15-13-31)10-11-26(23)32(9-2)28(25)24-16-21(5)19-30-27(24)20(3)4;1-3-7-10(8-4-2)9-5-6-9;1-2/h9-10,17,25,28,30-32,35H,4,6,8,11-16,18-24H2,1-3,5,7H3,(H,36,38);10-11,16-17,19-20H,8-9,12-15,18H2,1-7H3;9H,3-8H2,1-2H3;1-2H3. The van der Waals surface area contributed by atoms with Gasteiger partial charge in [0.25, 0.3) is 0 Å². The van der Waals surface area contributed by atoms with Crippen molar-refractivity contribution in [3.05, 3.63) is 95.0 Å². The monoisotopic (exact) mass is 1140 g/mol. The van der Waals surface area contributed by atoms with Crippen LogP contribution in [0.1, 0.15) is 223 Å². The van der Waals surface area contributed by atoms with Gasteiger partial charge in [-0.15, -0.1) is 0 Å². The third kappa shape index (κ3) is 20.1. The number of carbonyl (C=O) groups excluding carboxylic acids is 1. The summed E-state index contributed by atoms with van der Waals surface area (Å²) in [6, 6.07) is 10.6.